The van der Waals surface area contributed by atoms with E-state index in [0.717, 1.165) is 53.4 Å². The minimum atomic E-state index is -0.543. The number of likely N-dealkylation sites (N-methyl/N-ethyl adjacent to an activating group) is 1. The van der Waals surface area contributed by atoms with Crippen LogP contribution in [0.4, 0.5) is 5.69 Å². The number of aryl methyl sites for hydroxylation is 2. The molecule has 2 amide bonds. The van der Waals surface area contributed by atoms with Crippen molar-refractivity contribution in [3.63, 3.8) is 0 Å². The van der Waals surface area contributed by atoms with Crippen molar-refractivity contribution in [1.82, 2.24) is 9.88 Å². The average molecular weight is 480 g/mol. The number of carbonyl (C=O) groups is 3. The Bertz CT molecular complexity index is 1270. The smallest absolute Gasteiger partial charge is 0.339 e. The summed E-state index contributed by atoms with van der Waals surface area (Å²) >= 11 is 6.05. The van der Waals surface area contributed by atoms with Crippen LogP contribution in [0.5, 0.6) is 0 Å². The van der Waals surface area contributed by atoms with E-state index in [2.05, 4.69) is 5.32 Å². The van der Waals surface area contributed by atoms with Crippen LogP contribution < -0.4 is 5.32 Å². The number of hydrogen-bond donors (Lipinski definition) is 1. The van der Waals surface area contributed by atoms with E-state index >= 15 is 0 Å². The van der Waals surface area contributed by atoms with Crippen molar-refractivity contribution >= 4 is 46.0 Å². The molecule has 0 saturated heterocycles. The molecule has 1 aromatic heterocycles. The maximum Gasteiger partial charge on any atom is 0.339 e. The highest BCUT2D eigenvalue weighted by Crippen LogP contribution is 2.30. The third-order valence-corrected chi connectivity index (χ3v) is 6.23. The first-order valence-electron chi connectivity index (χ1n) is 11.2. The molecule has 0 bridgehead atoms. The van der Waals surface area contributed by atoms with Crippen LogP contribution in [-0.4, -0.2) is 47.9 Å². The Balaban J connectivity index is 1.44. The van der Waals surface area contributed by atoms with Crippen molar-refractivity contribution in [3.8, 4) is 0 Å². The lowest BCUT2D eigenvalue weighted by atomic mass is 9.89. The van der Waals surface area contributed by atoms with E-state index in [1.807, 2.05) is 25.1 Å². The lowest BCUT2D eigenvalue weighted by Crippen LogP contribution is -2.37. The van der Waals surface area contributed by atoms with Gasteiger partial charge in [0.15, 0.2) is 6.61 Å². The van der Waals surface area contributed by atoms with Crippen LogP contribution in [0.1, 0.15) is 40.0 Å². The van der Waals surface area contributed by atoms with Gasteiger partial charge in [0.2, 0.25) is 5.91 Å². The van der Waals surface area contributed by atoms with Gasteiger partial charge in [0.05, 0.1) is 28.3 Å². The monoisotopic (exact) mass is 479 g/mol. The Morgan fingerprint density at radius 2 is 1.88 bits per heavy atom. The molecule has 0 unspecified atom stereocenters. The molecule has 34 heavy (non-hydrogen) atoms. The number of hydrogen-bond acceptors (Lipinski definition) is 5. The van der Waals surface area contributed by atoms with E-state index in [4.69, 9.17) is 21.3 Å². The molecule has 0 radical (unpaired) electrons. The molecule has 1 heterocycles. The Morgan fingerprint density at radius 1 is 1.12 bits per heavy atom. The molecule has 0 aliphatic heterocycles. The average Bonchev–Trinajstić information content (AvgIpc) is 2.82. The molecule has 7 nitrogen and oxygen atoms in total. The summed E-state index contributed by atoms with van der Waals surface area (Å²) in [5.41, 5.74) is 4.56. The summed E-state index contributed by atoms with van der Waals surface area (Å²) in [5.74, 6) is -1.43. The zero-order valence-corrected chi connectivity index (χ0v) is 19.9. The molecule has 0 fully saturated rings. The van der Waals surface area contributed by atoms with Crippen molar-refractivity contribution in [2.75, 3.05) is 25.5 Å². The SMILES string of the molecule is Cc1ccc2nc3c(c(C(=O)OCC(=O)N(C)CC(=O)Nc4ccccc4Cl)c2c1)CCCC3. The van der Waals surface area contributed by atoms with Crippen LogP contribution in [0.3, 0.4) is 0 Å². The number of ether oxygens (including phenoxy) is 1. The zero-order chi connectivity index (χ0) is 24.2. The van der Waals surface area contributed by atoms with E-state index in [-0.39, 0.29) is 6.54 Å². The first-order chi connectivity index (χ1) is 16.3. The Hall–Kier alpha value is -3.45. The maximum atomic E-state index is 13.2. The number of rotatable bonds is 6. The fourth-order valence-electron chi connectivity index (χ4n) is 4.14. The number of pyridine rings is 1. The maximum absolute atomic E-state index is 13.2. The minimum Gasteiger partial charge on any atom is -0.452 e. The highest BCUT2D eigenvalue weighted by atomic mass is 35.5. The van der Waals surface area contributed by atoms with Crippen LogP contribution in [0.25, 0.3) is 10.9 Å². The molecule has 0 saturated carbocycles. The summed E-state index contributed by atoms with van der Waals surface area (Å²) in [4.78, 5) is 44.0. The summed E-state index contributed by atoms with van der Waals surface area (Å²) in [5, 5.41) is 3.81. The Labute approximate surface area is 203 Å². The normalized spacial score (nSPS) is 12.7. The van der Waals surface area contributed by atoms with E-state index in [9.17, 15) is 14.4 Å². The number of nitrogens with zero attached hydrogens (tertiary/aromatic N) is 2. The van der Waals surface area contributed by atoms with E-state index in [1.54, 1.807) is 24.3 Å². The van der Waals surface area contributed by atoms with E-state index in [0.29, 0.717) is 16.3 Å². The van der Waals surface area contributed by atoms with Gasteiger partial charge in [0, 0.05) is 18.1 Å². The minimum absolute atomic E-state index is 0.200. The second kappa shape index (κ2) is 10.2. The number of aromatic nitrogens is 1. The van der Waals surface area contributed by atoms with Crippen LogP contribution >= 0.6 is 11.6 Å². The second-order valence-electron chi connectivity index (χ2n) is 8.49. The first kappa shape index (κ1) is 23.7. The van der Waals surface area contributed by atoms with Crippen LogP contribution in [0.15, 0.2) is 42.5 Å². The van der Waals surface area contributed by atoms with Crippen molar-refractivity contribution in [3.05, 3.63) is 69.9 Å². The summed E-state index contributed by atoms with van der Waals surface area (Å²) < 4.78 is 5.43. The molecule has 4 rings (SSSR count). The van der Waals surface area contributed by atoms with Gasteiger partial charge >= 0.3 is 5.97 Å². The first-order valence-corrected chi connectivity index (χ1v) is 11.6. The molecule has 1 aliphatic rings. The lowest BCUT2D eigenvalue weighted by molar-refractivity contribution is -0.136. The van der Waals surface area contributed by atoms with E-state index in [1.165, 1.54) is 11.9 Å². The number of anilines is 1. The van der Waals surface area contributed by atoms with Gasteiger partial charge in [-0.25, -0.2) is 4.79 Å². The third-order valence-electron chi connectivity index (χ3n) is 5.90. The molecular weight excluding hydrogens is 454 g/mol. The van der Waals surface area contributed by atoms with Gasteiger partial charge in [-0.1, -0.05) is 35.4 Å². The predicted molar refractivity (Wildman–Crippen MR) is 131 cm³/mol. The van der Waals surface area contributed by atoms with Gasteiger partial charge in [0.25, 0.3) is 5.91 Å². The lowest BCUT2D eigenvalue weighted by Gasteiger charge is -2.21. The molecule has 3 aromatic rings. The topological polar surface area (TPSA) is 88.6 Å². The largest absolute Gasteiger partial charge is 0.452 e. The van der Waals surface area contributed by atoms with Gasteiger partial charge in [-0.3, -0.25) is 14.6 Å². The van der Waals surface area contributed by atoms with Crippen molar-refractivity contribution in [2.45, 2.75) is 32.6 Å². The third kappa shape index (κ3) is 5.20. The fraction of sp³-hybridized carbons (Fsp3) is 0.308. The predicted octanol–water partition coefficient (Wildman–Crippen LogP) is 4.33. The number of amides is 2. The summed E-state index contributed by atoms with van der Waals surface area (Å²) in [6, 6.07) is 12.6. The van der Waals surface area contributed by atoms with Crippen molar-refractivity contribution in [2.24, 2.45) is 0 Å². The van der Waals surface area contributed by atoms with Crippen molar-refractivity contribution in [1.29, 1.82) is 0 Å². The number of benzene rings is 2. The standard InChI is InChI=1S/C26H26ClN3O4/c1-16-11-12-21-18(13-16)25(17-7-3-5-9-20(17)28-21)26(33)34-15-24(32)30(2)14-23(31)29-22-10-6-4-8-19(22)27/h4,6,8,10-13H,3,5,7,9,14-15H2,1-2H3,(H,29,31). The van der Waals surface area contributed by atoms with Gasteiger partial charge in [0.1, 0.15) is 0 Å². The highest BCUT2D eigenvalue weighted by Gasteiger charge is 2.25. The van der Waals surface area contributed by atoms with Crippen LogP contribution in [0.2, 0.25) is 5.02 Å². The molecule has 176 valence electrons. The number of nitrogens with one attached hydrogen (secondary N) is 1. The van der Waals surface area contributed by atoms with Gasteiger partial charge < -0.3 is 15.0 Å². The quantitative estimate of drug-likeness (QED) is 0.531. The highest BCUT2D eigenvalue weighted by molar-refractivity contribution is 6.33. The molecule has 0 atom stereocenters. The Kier molecular flexibility index (Phi) is 7.12. The molecular formula is C26H26ClN3O4. The number of para-hydroxylation sites is 1. The van der Waals surface area contributed by atoms with Crippen molar-refractivity contribution < 1.29 is 19.1 Å². The number of carbonyl (C=O) groups excluding carboxylic acids is 3. The van der Waals surface area contributed by atoms with E-state index < -0.39 is 24.4 Å². The molecule has 1 N–H and O–H groups in total. The summed E-state index contributed by atoms with van der Waals surface area (Å²) in [6.07, 6.45) is 3.59. The second-order valence-corrected chi connectivity index (χ2v) is 8.90. The molecule has 2 aromatic carbocycles. The summed E-state index contributed by atoms with van der Waals surface area (Å²) in [6.45, 7) is 1.30. The number of fused-ring (bicyclic) bond motifs is 2. The fourth-order valence-corrected chi connectivity index (χ4v) is 4.32. The Morgan fingerprint density at radius 3 is 2.68 bits per heavy atom. The molecule has 0 spiro atoms. The summed E-state index contributed by atoms with van der Waals surface area (Å²) in [7, 11) is 1.48. The van der Waals surface area contributed by atoms with Crippen LogP contribution in [0, 0.1) is 6.92 Å². The van der Waals surface area contributed by atoms with Gasteiger partial charge in [-0.05, 0) is 62.4 Å². The zero-order valence-electron chi connectivity index (χ0n) is 19.2. The van der Waals surface area contributed by atoms with Gasteiger partial charge in [-0.2, -0.15) is 0 Å². The molecule has 1 aliphatic carbocycles. The number of halogens is 1. The van der Waals surface area contributed by atoms with Gasteiger partial charge in [-0.15, -0.1) is 0 Å². The van der Waals surface area contributed by atoms with Crippen LogP contribution in [-0.2, 0) is 27.2 Å². The molecule has 8 heteroatoms. The number of esters is 1.